The molecule has 2 aliphatic rings. The van der Waals surface area contributed by atoms with Gasteiger partial charge in [-0.1, -0.05) is 0 Å². The van der Waals surface area contributed by atoms with Gasteiger partial charge in [0.25, 0.3) is 0 Å². The first kappa shape index (κ1) is 10.6. The lowest BCUT2D eigenvalue weighted by molar-refractivity contribution is -0.209. The summed E-state index contributed by atoms with van der Waals surface area (Å²) in [5, 5.41) is 9.71. The Morgan fingerprint density at radius 3 is 2.38 bits per heavy atom. The van der Waals surface area contributed by atoms with Crippen LogP contribution in [0.5, 0.6) is 0 Å². The lowest BCUT2D eigenvalue weighted by atomic mass is 9.96. The van der Waals surface area contributed by atoms with E-state index in [4.69, 9.17) is 0 Å². The summed E-state index contributed by atoms with van der Waals surface area (Å²) in [6.45, 7) is 0. The number of hydrogen-bond donors (Lipinski definition) is 1. The van der Waals surface area contributed by atoms with Crippen LogP contribution in [0.1, 0.15) is 12.8 Å². The number of ether oxygens (including phenoxy) is 3. The van der Waals surface area contributed by atoms with Crippen LogP contribution in [0.4, 0.5) is 0 Å². The smallest absolute Gasteiger partial charge is 0.397 e. The molecule has 2 bridgehead atoms. The summed E-state index contributed by atoms with van der Waals surface area (Å²) >= 11 is 0. The molecule has 0 saturated carbocycles. The normalized spacial score (nSPS) is 34.4. The summed E-state index contributed by atoms with van der Waals surface area (Å²) in [6, 6.07) is 0. The number of hydrogen-bond acceptors (Lipinski definition) is 8. The van der Waals surface area contributed by atoms with Gasteiger partial charge >= 0.3 is 30.2 Å². The van der Waals surface area contributed by atoms with E-state index in [-0.39, 0.29) is 0 Å². The first-order valence-corrected chi connectivity index (χ1v) is 4.28. The third-order valence-corrected chi connectivity index (χ3v) is 2.11. The Labute approximate surface area is 88.1 Å². The maximum atomic E-state index is 11.3. The molecular formula is C8H6O8. The molecule has 2 aliphatic heterocycles. The number of esters is 4. The highest BCUT2D eigenvalue weighted by Crippen LogP contribution is 2.26. The van der Waals surface area contributed by atoms with Crippen molar-refractivity contribution >= 4 is 23.9 Å². The highest BCUT2D eigenvalue weighted by molar-refractivity contribution is 5.98. The predicted octanol–water partition coefficient (Wildman–Crippen LogP) is -1.99. The highest BCUT2D eigenvalue weighted by Gasteiger charge is 2.51. The summed E-state index contributed by atoms with van der Waals surface area (Å²) in [6.07, 6.45) is -3.53. The fourth-order valence-corrected chi connectivity index (χ4v) is 1.37. The van der Waals surface area contributed by atoms with Crippen LogP contribution in [0.25, 0.3) is 0 Å². The zero-order valence-electron chi connectivity index (χ0n) is 7.80. The van der Waals surface area contributed by atoms with Gasteiger partial charge in [0.2, 0.25) is 0 Å². The van der Waals surface area contributed by atoms with E-state index in [1.54, 1.807) is 0 Å². The third-order valence-electron chi connectivity index (χ3n) is 2.11. The molecule has 0 radical (unpaired) electrons. The van der Waals surface area contributed by atoms with Crippen LogP contribution in [0.3, 0.4) is 0 Å². The number of rotatable bonds is 0. The molecule has 2 heterocycles. The average molecular weight is 230 g/mol. The zero-order valence-corrected chi connectivity index (χ0v) is 7.80. The first-order valence-electron chi connectivity index (χ1n) is 4.28. The molecule has 16 heavy (non-hydrogen) atoms. The van der Waals surface area contributed by atoms with E-state index < -0.39 is 48.6 Å². The van der Waals surface area contributed by atoms with Gasteiger partial charge in [-0.05, 0) is 0 Å². The van der Waals surface area contributed by atoms with Gasteiger partial charge in [-0.2, -0.15) is 0 Å². The maximum Gasteiger partial charge on any atom is 0.397 e. The van der Waals surface area contributed by atoms with Crippen molar-refractivity contribution in [1.29, 1.82) is 0 Å². The fraction of sp³-hybridized carbons (Fsp3) is 0.500. The molecule has 0 aromatic heterocycles. The lowest BCUT2D eigenvalue weighted by Gasteiger charge is -2.23. The van der Waals surface area contributed by atoms with Crippen molar-refractivity contribution in [1.82, 2.24) is 0 Å². The fourth-order valence-electron chi connectivity index (χ4n) is 1.37. The topological polar surface area (TPSA) is 116 Å². The monoisotopic (exact) mass is 230 g/mol. The van der Waals surface area contributed by atoms with Gasteiger partial charge in [0.05, 0.1) is 12.8 Å². The Bertz CT molecular complexity index is 399. The summed E-state index contributed by atoms with van der Waals surface area (Å²) in [5.74, 6) is -4.69. The van der Waals surface area contributed by atoms with Crippen LogP contribution in [0, 0.1) is 0 Å². The Morgan fingerprint density at radius 1 is 1.06 bits per heavy atom. The summed E-state index contributed by atoms with van der Waals surface area (Å²) < 4.78 is 13.0. The summed E-state index contributed by atoms with van der Waals surface area (Å²) in [5.41, 5.74) is -2.33. The van der Waals surface area contributed by atoms with E-state index in [2.05, 4.69) is 14.2 Å². The molecule has 2 fully saturated rings. The highest BCUT2D eigenvalue weighted by atomic mass is 16.8. The van der Waals surface area contributed by atoms with Gasteiger partial charge < -0.3 is 19.3 Å². The van der Waals surface area contributed by atoms with Crippen molar-refractivity contribution in [3.8, 4) is 0 Å². The van der Waals surface area contributed by atoms with Gasteiger partial charge in [0, 0.05) is 0 Å². The lowest BCUT2D eigenvalue weighted by Crippen LogP contribution is -2.46. The average Bonchev–Trinajstić information content (AvgIpc) is 2.21. The standard InChI is InChI=1S/C8H6O8/c9-3-1-8(13)2-4(10)15-6(5(11)14-3)16-7(8)12/h6,13H,1-2H2. The van der Waals surface area contributed by atoms with Crippen LogP contribution >= 0.6 is 0 Å². The summed E-state index contributed by atoms with van der Waals surface area (Å²) in [4.78, 5) is 44.6. The van der Waals surface area contributed by atoms with Gasteiger partial charge in [-0.15, -0.1) is 0 Å². The van der Waals surface area contributed by atoms with Crippen molar-refractivity contribution in [3.63, 3.8) is 0 Å². The summed E-state index contributed by atoms with van der Waals surface area (Å²) in [7, 11) is 0. The van der Waals surface area contributed by atoms with Crippen LogP contribution in [-0.4, -0.2) is 40.9 Å². The van der Waals surface area contributed by atoms with Crippen molar-refractivity contribution in [2.45, 2.75) is 24.7 Å². The van der Waals surface area contributed by atoms with Crippen molar-refractivity contribution < 1.29 is 38.5 Å². The number of cyclic esters (lactones) is 2. The quantitative estimate of drug-likeness (QED) is 0.375. The van der Waals surface area contributed by atoms with E-state index >= 15 is 0 Å². The Hall–Kier alpha value is -1.96. The van der Waals surface area contributed by atoms with Crippen LogP contribution in [-0.2, 0) is 33.4 Å². The number of carbonyl (C=O) groups is 4. The van der Waals surface area contributed by atoms with E-state index in [0.717, 1.165) is 0 Å². The Balaban J connectivity index is 2.43. The van der Waals surface area contributed by atoms with Gasteiger partial charge in [-0.25, -0.2) is 9.59 Å². The third kappa shape index (κ3) is 1.63. The molecule has 0 spiro atoms. The second kappa shape index (κ2) is 3.27. The van der Waals surface area contributed by atoms with Crippen LogP contribution in [0.2, 0.25) is 0 Å². The van der Waals surface area contributed by atoms with Gasteiger partial charge in [0.15, 0.2) is 5.60 Å². The van der Waals surface area contributed by atoms with Crippen LogP contribution in [0.15, 0.2) is 0 Å². The minimum atomic E-state index is -2.33. The molecule has 1 N–H and O–H groups in total. The first-order chi connectivity index (χ1) is 7.40. The number of carbonyl (C=O) groups excluding carboxylic acids is 4. The van der Waals surface area contributed by atoms with Gasteiger partial charge in [0.1, 0.15) is 0 Å². The molecule has 0 aliphatic carbocycles. The molecule has 2 rings (SSSR count). The van der Waals surface area contributed by atoms with E-state index in [1.165, 1.54) is 0 Å². The number of fused-ring (bicyclic) bond motifs is 3. The van der Waals surface area contributed by atoms with Gasteiger partial charge in [-0.3, -0.25) is 9.59 Å². The van der Waals surface area contributed by atoms with E-state index in [1.807, 2.05) is 0 Å². The minimum Gasteiger partial charge on any atom is -0.414 e. The largest absolute Gasteiger partial charge is 0.414 e. The second-order valence-corrected chi connectivity index (χ2v) is 3.41. The van der Waals surface area contributed by atoms with Crippen molar-refractivity contribution in [2.24, 2.45) is 0 Å². The molecular weight excluding hydrogens is 224 g/mol. The second-order valence-electron chi connectivity index (χ2n) is 3.41. The SMILES string of the molecule is O=C1CC2(O)CC(=O)OC(OC2=O)C(=O)O1. The molecule has 8 nitrogen and oxygen atoms in total. The van der Waals surface area contributed by atoms with Crippen molar-refractivity contribution in [2.75, 3.05) is 0 Å². The van der Waals surface area contributed by atoms with E-state index in [0.29, 0.717) is 0 Å². The molecule has 0 amide bonds. The molecule has 2 saturated heterocycles. The molecule has 2 atom stereocenters. The zero-order chi connectivity index (χ0) is 11.9. The van der Waals surface area contributed by atoms with Crippen molar-refractivity contribution in [3.05, 3.63) is 0 Å². The van der Waals surface area contributed by atoms with Crippen LogP contribution < -0.4 is 0 Å². The molecule has 86 valence electrons. The van der Waals surface area contributed by atoms with E-state index in [9.17, 15) is 24.3 Å². The Morgan fingerprint density at radius 2 is 1.69 bits per heavy atom. The maximum absolute atomic E-state index is 11.3. The molecule has 2 unspecified atom stereocenters. The molecule has 8 heteroatoms. The predicted molar refractivity (Wildman–Crippen MR) is 41.3 cm³/mol. The number of aliphatic hydroxyl groups is 1. The minimum absolute atomic E-state index is 0.759. The Kier molecular flexibility index (Phi) is 2.16. The molecule has 0 aromatic carbocycles. The molecule has 0 aromatic rings.